The van der Waals surface area contributed by atoms with Crippen LogP contribution in [-0.4, -0.2) is 11.6 Å². The largest absolute Gasteiger partial charge is 0.298 e. The lowest BCUT2D eigenvalue weighted by Gasteiger charge is -2.26. The molecule has 0 amide bonds. The molecule has 2 unspecified atom stereocenters. The van der Waals surface area contributed by atoms with Crippen LogP contribution >= 0.6 is 0 Å². The van der Waals surface area contributed by atoms with Crippen molar-refractivity contribution < 1.29 is 0 Å². The molecule has 0 aliphatic heterocycles. The first-order chi connectivity index (χ1) is 6.09. The van der Waals surface area contributed by atoms with Gasteiger partial charge in [-0.25, -0.2) is 0 Å². The van der Waals surface area contributed by atoms with Gasteiger partial charge in [-0.1, -0.05) is 12.3 Å². The van der Waals surface area contributed by atoms with Gasteiger partial charge in [-0.2, -0.15) is 5.26 Å². The molecule has 1 saturated carbocycles. The molecule has 0 radical (unpaired) electrons. The third-order valence-corrected chi connectivity index (χ3v) is 2.59. The molecule has 1 N–H and O–H groups in total. The monoisotopic (exact) mass is 176 g/mol. The lowest BCUT2D eigenvalue weighted by Crippen LogP contribution is -2.46. The van der Waals surface area contributed by atoms with Crippen LogP contribution < -0.4 is 5.32 Å². The maximum atomic E-state index is 8.86. The highest BCUT2D eigenvalue weighted by atomic mass is 15.0. The lowest BCUT2D eigenvalue weighted by molar-refractivity contribution is 0.375. The van der Waals surface area contributed by atoms with Gasteiger partial charge in [-0.05, 0) is 26.7 Å². The average molecular weight is 176 g/mol. The van der Waals surface area contributed by atoms with Crippen LogP contribution in [0.3, 0.4) is 0 Å². The van der Waals surface area contributed by atoms with Crippen LogP contribution in [0.5, 0.6) is 0 Å². The summed E-state index contributed by atoms with van der Waals surface area (Å²) in [7, 11) is 0. The van der Waals surface area contributed by atoms with Gasteiger partial charge in [0.2, 0.25) is 0 Å². The Kier molecular flexibility index (Phi) is 2.96. The standard InChI is InChI=1S/C11H16N2/c1-4-11(2,3)13-10-7-5-6-9(10)8-12/h1,9-10,13H,5-7H2,2-3H3. The summed E-state index contributed by atoms with van der Waals surface area (Å²) in [6.07, 6.45) is 8.59. The van der Waals surface area contributed by atoms with Crippen molar-refractivity contribution in [2.75, 3.05) is 0 Å². The van der Waals surface area contributed by atoms with Crippen molar-refractivity contribution in [2.24, 2.45) is 5.92 Å². The molecular weight excluding hydrogens is 160 g/mol. The van der Waals surface area contributed by atoms with Crippen LogP contribution in [-0.2, 0) is 0 Å². The molecule has 13 heavy (non-hydrogen) atoms. The van der Waals surface area contributed by atoms with Crippen molar-refractivity contribution in [3.05, 3.63) is 0 Å². The molecule has 0 aromatic rings. The maximum absolute atomic E-state index is 8.86. The normalized spacial score (nSPS) is 28.0. The van der Waals surface area contributed by atoms with Crippen molar-refractivity contribution in [2.45, 2.75) is 44.7 Å². The molecule has 2 heteroatoms. The molecule has 1 rings (SSSR count). The Morgan fingerprint density at radius 1 is 1.46 bits per heavy atom. The number of terminal acetylenes is 1. The SMILES string of the molecule is C#CC(C)(C)NC1CCCC1C#N. The summed E-state index contributed by atoms with van der Waals surface area (Å²) in [5.74, 6) is 2.84. The highest BCUT2D eigenvalue weighted by molar-refractivity contribution is 5.10. The minimum absolute atomic E-state index is 0.146. The average Bonchev–Trinajstić information content (AvgIpc) is 2.51. The zero-order chi connectivity index (χ0) is 9.90. The predicted molar refractivity (Wildman–Crippen MR) is 52.8 cm³/mol. The molecule has 0 aromatic carbocycles. The number of hydrogen-bond acceptors (Lipinski definition) is 2. The molecule has 2 nitrogen and oxygen atoms in total. The fraction of sp³-hybridized carbons (Fsp3) is 0.727. The van der Waals surface area contributed by atoms with Gasteiger partial charge in [0.15, 0.2) is 0 Å². The fourth-order valence-electron chi connectivity index (χ4n) is 1.79. The van der Waals surface area contributed by atoms with Gasteiger partial charge in [0.05, 0.1) is 17.5 Å². The molecule has 0 spiro atoms. The van der Waals surface area contributed by atoms with Crippen molar-refractivity contribution in [3.8, 4) is 18.4 Å². The summed E-state index contributed by atoms with van der Waals surface area (Å²) in [4.78, 5) is 0. The van der Waals surface area contributed by atoms with Crippen LogP contribution in [0.25, 0.3) is 0 Å². The second-order valence-electron chi connectivity index (χ2n) is 4.19. The Labute approximate surface area is 80.3 Å². The van der Waals surface area contributed by atoms with E-state index in [0.29, 0.717) is 0 Å². The van der Waals surface area contributed by atoms with Crippen molar-refractivity contribution in [1.82, 2.24) is 5.32 Å². The van der Waals surface area contributed by atoms with E-state index in [1.54, 1.807) is 0 Å². The van der Waals surface area contributed by atoms with E-state index < -0.39 is 0 Å². The zero-order valence-electron chi connectivity index (χ0n) is 8.30. The first kappa shape index (κ1) is 10.1. The van der Waals surface area contributed by atoms with E-state index >= 15 is 0 Å². The van der Waals surface area contributed by atoms with Gasteiger partial charge in [0.1, 0.15) is 0 Å². The number of nitrogens with one attached hydrogen (secondary N) is 1. The van der Waals surface area contributed by atoms with Gasteiger partial charge in [-0.3, -0.25) is 5.32 Å². The summed E-state index contributed by atoms with van der Waals surface area (Å²) in [5, 5.41) is 12.2. The van der Waals surface area contributed by atoms with E-state index in [1.807, 2.05) is 13.8 Å². The maximum Gasteiger partial charge on any atom is 0.0743 e. The summed E-state index contributed by atoms with van der Waals surface area (Å²) in [6.45, 7) is 3.94. The van der Waals surface area contributed by atoms with Crippen LogP contribution in [0.4, 0.5) is 0 Å². The molecule has 0 saturated heterocycles. The van der Waals surface area contributed by atoms with Crippen molar-refractivity contribution in [1.29, 1.82) is 5.26 Å². The Bertz CT molecular complexity index is 254. The Balaban J connectivity index is 2.56. The predicted octanol–water partition coefficient (Wildman–Crippen LogP) is 1.68. The molecule has 0 heterocycles. The van der Waals surface area contributed by atoms with E-state index in [4.69, 9.17) is 11.7 Å². The fourth-order valence-corrected chi connectivity index (χ4v) is 1.79. The second-order valence-corrected chi connectivity index (χ2v) is 4.19. The third-order valence-electron chi connectivity index (χ3n) is 2.59. The smallest absolute Gasteiger partial charge is 0.0743 e. The molecule has 1 aliphatic rings. The summed E-state index contributed by atoms with van der Waals surface area (Å²) >= 11 is 0. The Morgan fingerprint density at radius 3 is 2.69 bits per heavy atom. The van der Waals surface area contributed by atoms with Gasteiger partial charge in [0, 0.05) is 6.04 Å². The van der Waals surface area contributed by atoms with Crippen molar-refractivity contribution >= 4 is 0 Å². The number of nitriles is 1. The van der Waals surface area contributed by atoms with Gasteiger partial charge >= 0.3 is 0 Å². The number of hydrogen-bond donors (Lipinski definition) is 1. The topological polar surface area (TPSA) is 35.8 Å². The molecule has 0 bridgehead atoms. The molecule has 0 aromatic heterocycles. The summed E-state index contributed by atoms with van der Waals surface area (Å²) < 4.78 is 0. The Hall–Kier alpha value is -0.990. The minimum atomic E-state index is -0.288. The second kappa shape index (κ2) is 3.81. The van der Waals surface area contributed by atoms with E-state index in [9.17, 15) is 0 Å². The zero-order valence-corrected chi connectivity index (χ0v) is 8.30. The van der Waals surface area contributed by atoms with Crippen LogP contribution in [0.15, 0.2) is 0 Å². The van der Waals surface area contributed by atoms with Crippen LogP contribution in [0.2, 0.25) is 0 Å². The molecule has 70 valence electrons. The third kappa shape index (κ3) is 2.47. The first-order valence-corrected chi connectivity index (χ1v) is 4.74. The number of nitrogens with zero attached hydrogens (tertiary/aromatic N) is 1. The Morgan fingerprint density at radius 2 is 2.15 bits per heavy atom. The van der Waals surface area contributed by atoms with E-state index in [0.717, 1.165) is 19.3 Å². The summed E-state index contributed by atoms with van der Waals surface area (Å²) in [5.41, 5.74) is -0.288. The van der Waals surface area contributed by atoms with Crippen molar-refractivity contribution in [3.63, 3.8) is 0 Å². The molecule has 1 fully saturated rings. The highest BCUT2D eigenvalue weighted by Gasteiger charge is 2.30. The molecule has 2 atom stereocenters. The van der Waals surface area contributed by atoms with E-state index in [1.165, 1.54) is 0 Å². The van der Waals surface area contributed by atoms with Gasteiger partial charge < -0.3 is 0 Å². The number of rotatable bonds is 2. The van der Waals surface area contributed by atoms with E-state index in [-0.39, 0.29) is 17.5 Å². The van der Waals surface area contributed by atoms with Gasteiger partial charge in [0.25, 0.3) is 0 Å². The van der Waals surface area contributed by atoms with Gasteiger partial charge in [-0.15, -0.1) is 6.42 Å². The van der Waals surface area contributed by atoms with E-state index in [2.05, 4.69) is 17.3 Å². The first-order valence-electron chi connectivity index (χ1n) is 4.74. The van der Waals surface area contributed by atoms with Crippen LogP contribution in [0, 0.1) is 29.6 Å². The molecular formula is C11H16N2. The minimum Gasteiger partial charge on any atom is -0.298 e. The van der Waals surface area contributed by atoms with Crippen LogP contribution in [0.1, 0.15) is 33.1 Å². The quantitative estimate of drug-likeness (QED) is 0.650. The highest BCUT2D eigenvalue weighted by Crippen LogP contribution is 2.26. The summed E-state index contributed by atoms with van der Waals surface area (Å²) in [6, 6.07) is 2.62. The molecule has 1 aliphatic carbocycles. The lowest BCUT2D eigenvalue weighted by atomic mass is 10.00.